The van der Waals surface area contributed by atoms with Crippen molar-refractivity contribution in [3.8, 4) is 0 Å². The van der Waals surface area contributed by atoms with Gasteiger partial charge in [-0.05, 0) is 30.2 Å². The van der Waals surface area contributed by atoms with Crippen molar-refractivity contribution in [1.29, 1.82) is 0 Å². The van der Waals surface area contributed by atoms with Crippen molar-refractivity contribution >= 4 is 23.7 Å². The topological polar surface area (TPSA) is 186 Å². The van der Waals surface area contributed by atoms with Crippen LogP contribution in [-0.2, 0) is 33.3 Å². The van der Waals surface area contributed by atoms with Gasteiger partial charge in [0.2, 0.25) is 0 Å². The molecule has 5 rings (SSSR count). The quantitative estimate of drug-likeness (QED) is 0.209. The molecular weight excluding hydrogens is 576 g/mol. The molecule has 1 saturated heterocycles. The molecule has 0 aromatic heterocycles. The first-order chi connectivity index (χ1) is 20.5. The number of aliphatic hydroxyl groups excluding tert-OH is 3. The van der Waals surface area contributed by atoms with Crippen LogP contribution in [0, 0.1) is 16.2 Å². The number of rotatable bonds is 5. The highest BCUT2D eigenvalue weighted by molar-refractivity contribution is 5.96. The Bertz CT molecular complexity index is 1420. The molecule has 0 spiro atoms. The normalized spacial score (nSPS) is 40.8. The maximum Gasteiger partial charge on any atom is 0.338 e. The molecule has 1 aromatic rings. The molecule has 1 heterocycles. The van der Waals surface area contributed by atoms with E-state index >= 15 is 4.79 Å². The lowest BCUT2D eigenvalue weighted by atomic mass is 9.38. The highest BCUT2D eigenvalue weighted by atomic mass is 16.6. The van der Waals surface area contributed by atoms with E-state index in [1.165, 1.54) is 26.0 Å². The van der Waals surface area contributed by atoms with Gasteiger partial charge in [-0.1, -0.05) is 39.0 Å². The van der Waals surface area contributed by atoms with Crippen LogP contribution in [0.4, 0.5) is 0 Å². The van der Waals surface area contributed by atoms with Gasteiger partial charge in [0.05, 0.1) is 41.8 Å². The molecule has 2 saturated carbocycles. The van der Waals surface area contributed by atoms with Crippen LogP contribution in [0.1, 0.15) is 64.7 Å². The summed E-state index contributed by atoms with van der Waals surface area (Å²) in [5.74, 6) is -3.51. The third kappa shape index (κ3) is 3.94. The molecule has 12 heteroatoms. The molecule has 44 heavy (non-hydrogen) atoms. The van der Waals surface area contributed by atoms with Crippen molar-refractivity contribution in [2.75, 3.05) is 13.2 Å². The first-order valence-electron chi connectivity index (χ1n) is 14.7. The largest absolute Gasteiger partial charge is 0.455 e. The Kier molecular flexibility index (Phi) is 7.66. The molecule has 0 radical (unpaired) electrons. The van der Waals surface area contributed by atoms with Crippen LogP contribution in [-0.4, -0.2) is 99.1 Å². The van der Waals surface area contributed by atoms with Gasteiger partial charge in [-0.3, -0.25) is 14.4 Å². The second-order valence-corrected chi connectivity index (χ2v) is 13.2. The molecular formula is C32H40O12. The summed E-state index contributed by atoms with van der Waals surface area (Å²) in [6, 6.07) is 7.88. The second-order valence-electron chi connectivity index (χ2n) is 13.2. The Morgan fingerprint density at radius 3 is 2.18 bits per heavy atom. The summed E-state index contributed by atoms with van der Waals surface area (Å²) in [6.45, 7) is 6.93. The van der Waals surface area contributed by atoms with E-state index in [0.29, 0.717) is 0 Å². The second kappa shape index (κ2) is 10.4. The van der Waals surface area contributed by atoms with Crippen LogP contribution in [0.5, 0.6) is 0 Å². The minimum absolute atomic E-state index is 0.0512. The van der Waals surface area contributed by atoms with Gasteiger partial charge in [-0.15, -0.1) is 0 Å². The Morgan fingerprint density at radius 2 is 1.66 bits per heavy atom. The van der Waals surface area contributed by atoms with Crippen LogP contribution in [0.3, 0.4) is 0 Å². The predicted octanol–water partition coefficient (Wildman–Crippen LogP) is 1.02. The maximum atomic E-state index is 15.1. The fourth-order valence-electron chi connectivity index (χ4n) is 8.57. The number of esters is 3. The third-order valence-electron chi connectivity index (χ3n) is 11.0. The van der Waals surface area contributed by atoms with Crippen LogP contribution in [0.15, 0.2) is 41.5 Å². The summed E-state index contributed by atoms with van der Waals surface area (Å²) in [7, 11) is 0. The average molecular weight is 617 g/mol. The van der Waals surface area contributed by atoms with Crippen LogP contribution < -0.4 is 0 Å². The fourth-order valence-corrected chi connectivity index (χ4v) is 8.57. The lowest BCUT2D eigenvalue weighted by Crippen LogP contribution is -2.87. The molecule has 9 atom stereocenters. The molecule has 3 fully saturated rings. The molecule has 0 unspecified atom stereocenters. The lowest BCUT2D eigenvalue weighted by Gasteiger charge is -2.72. The molecule has 2 bridgehead atoms. The summed E-state index contributed by atoms with van der Waals surface area (Å²) < 4.78 is 23.6. The van der Waals surface area contributed by atoms with Crippen molar-refractivity contribution in [3.63, 3.8) is 0 Å². The number of fused-ring (bicyclic) bond motifs is 5. The number of ether oxygens (including phenoxy) is 4. The van der Waals surface area contributed by atoms with Crippen molar-refractivity contribution in [2.24, 2.45) is 16.2 Å². The summed E-state index contributed by atoms with van der Waals surface area (Å²) in [6.07, 6.45) is -8.40. The Labute approximate surface area is 254 Å². The zero-order valence-corrected chi connectivity index (χ0v) is 25.7. The Balaban J connectivity index is 1.92. The van der Waals surface area contributed by atoms with E-state index in [-0.39, 0.29) is 29.7 Å². The monoisotopic (exact) mass is 616 g/mol. The summed E-state index contributed by atoms with van der Waals surface area (Å²) in [4.78, 5) is 54.2. The van der Waals surface area contributed by atoms with E-state index in [9.17, 15) is 34.8 Å². The van der Waals surface area contributed by atoms with E-state index in [2.05, 4.69) is 0 Å². The van der Waals surface area contributed by atoms with Crippen molar-refractivity contribution in [1.82, 2.24) is 0 Å². The fraction of sp³-hybridized carbons (Fsp3) is 0.625. The lowest BCUT2D eigenvalue weighted by molar-refractivity contribution is -0.385. The molecule has 1 aromatic carbocycles. The first-order valence-corrected chi connectivity index (χ1v) is 14.7. The van der Waals surface area contributed by atoms with Crippen molar-refractivity contribution in [3.05, 3.63) is 47.0 Å². The first kappa shape index (κ1) is 32.2. The molecule has 4 aliphatic rings. The number of benzene rings is 1. The zero-order chi connectivity index (χ0) is 32.6. The van der Waals surface area contributed by atoms with Gasteiger partial charge < -0.3 is 39.4 Å². The molecule has 12 nitrogen and oxygen atoms in total. The highest BCUT2D eigenvalue weighted by Gasteiger charge is 2.85. The number of hydrogen-bond donors (Lipinski definition) is 4. The Hall–Kier alpha value is -3.16. The van der Waals surface area contributed by atoms with Gasteiger partial charge in [-0.2, -0.15) is 0 Å². The average Bonchev–Trinajstić information content (AvgIpc) is 2.94. The summed E-state index contributed by atoms with van der Waals surface area (Å²) in [5.41, 5.74) is -9.69. The number of carbonyl (C=O) groups is 4. The highest BCUT2D eigenvalue weighted by Crippen LogP contribution is 2.69. The standard InChI is InChI=1S/C32H40O12/c1-16-20(36)13-31(40)27(43-26(39)19-10-8-7-9-11-19)29(6)30(14-33,21(37)12-22-32(29,15-41-22)44-18(3)35)25(38)24(42-17(2)34)23(16)28(31,4)5/h7-11,20-22,24,27,33,36-37,40H,12-15H2,1-6H3/t20-,21+,22-,24+,27-,29-,30+,31+,32-/m0/s1. The van der Waals surface area contributed by atoms with E-state index in [1.807, 2.05) is 0 Å². The van der Waals surface area contributed by atoms with Crippen LogP contribution in [0.2, 0.25) is 0 Å². The van der Waals surface area contributed by atoms with Gasteiger partial charge in [0, 0.05) is 32.1 Å². The zero-order valence-electron chi connectivity index (χ0n) is 25.7. The van der Waals surface area contributed by atoms with Crippen molar-refractivity contribution < 1.29 is 58.6 Å². The van der Waals surface area contributed by atoms with Gasteiger partial charge in [0.1, 0.15) is 17.8 Å². The van der Waals surface area contributed by atoms with Crippen LogP contribution in [0.25, 0.3) is 0 Å². The van der Waals surface area contributed by atoms with Crippen LogP contribution >= 0.6 is 0 Å². The smallest absolute Gasteiger partial charge is 0.338 e. The summed E-state index contributed by atoms with van der Waals surface area (Å²) >= 11 is 0. The Morgan fingerprint density at radius 1 is 1.02 bits per heavy atom. The maximum absolute atomic E-state index is 15.1. The van der Waals surface area contributed by atoms with E-state index < -0.39 is 94.7 Å². The number of Topliss-reactive ketones (excluding diaryl/α,β-unsaturated/α-hetero) is 1. The van der Waals surface area contributed by atoms with Gasteiger partial charge >= 0.3 is 17.9 Å². The van der Waals surface area contributed by atoms with Gasteiger partial charge in [-0.25, -0.2) is 4.79 Å². The molecule has 4 N–H and O–H groups in total. The SMILES string of the molecule is CC(=O)O[C@H]1C(=O)[C@@]2(CO)[C@H](O)C[C@@H]3OC[C@@]3(OC(C)=O)[C@@]2(C)[C@H](OC(=O)c2ccccc2)[C@]2(O)C[C@H](O)C(C)=C1C2(C)C. The minimum Gasteiger partial charge on any atom is -0.455 e. The van der Waals surface area contributed by atoms with E-state index in [4.69, 9.17) is 18.9 Å². The van der Waals surface area contributed by atoms with E-state index in [1.54, 1.807) is 32.0 Å². The molecule has 1 aliphatic heterocycles. The molecule has 240 valence electrons. The predicted molar refractivity (Wildman–Crippen MR) is 151 cm³/mol. The van der Waals surface area contributed by atoms with Gasteiger partial charge in [0.15, 0.2) is 17.5 Å². The third-order valence-corrected chi connectivity index (χ3v) is 11.0. The number of carbonyl (C=O) groups excluding carboxylic acids is 4. The van der Waals surface area contributed by atoms with E-state index in [0.717, 1.165) is 13.8 Å². The molecule has 0 amide bonds. The van der Waals surface area contributed by atoms with Crippen molar-refractivity contribution in [2.45, 2.75) is 96.1 Å². The number of aliphatic hydroxyl groups is 4. The van der Waals surface area contributed by atoms with Gasteiger partial charge in [0.25, 0.3) is 0 Å². The number of hydrogen-bond acceptors (Lipinski definition) is 12. The molecule has 3 aliphatic carbocycles. The number of ketones is 1. The summed E-state index contributed by atoms with van der Waals surface area (Å²) in [5, 5.41) is 47.6. The minimum atomic E-state index is -2.34.